The fourth-order valence-corrected chi connectivity index (χ4v) is 4.35. The van der Waals surface area contributed by atoms with Crippen molar-refractivity contribution < 1.29 is 0 Å². The number of anilines is 2. The van der Waals surface area contributed by atoms with Crippen molar-refractivity contribution in [1.29, 1.82) is 0 Å². The molecule has 2 aromatic carbocycles. The van der Waals surface area contributed by atoms with Crippen molar-refractivity contribution in [2.24, 2.45) is 0 Å². The van der Waals surface area contributed by atoms with Crippen LogP contribution in [0, 0.1) is 0 Å². The normalized spacial score (nSPS) is 19.1. The first-order chi connectivity index (χ1) is 12.2. The third-order valence-electron chi connectivity index (χ3n) is 4.86. The zero-order valence-electron chi connectivity index (χ0n) is 14.1. The van der Waals surface area contributed by atoms with Crippen LogP contribution in [0.15, 0.2) is 57.5 Å². The number of hydrogen-bond donors (Lipinski definition) is 0. The molecule has 0 spiro atoms. The van der Waals surface area contributed by atoms with Crippen molar-refractivity contribution in [2.45, 2.75) is 0 Å². The van der Waals surface area contributed by atoms with Crippen molar-refractivity contribution >= 4 is 43.2 Å². The summed E-state index contributed by atoms with van der Waals surface area (Å²) in [5.41, 5.74) is 2.60. The Hall–Kier alpha value is -1.08. The van der Waals surface area contributed by atoms with E-state index in [-0.39, 0.29) is 0 Å². The van der Waals surface area contributed by atoms with E-state index in [2.05, 4.69) is 100.0 Å². The highest BCUT2D eigenvalue weighted by Crippen LogP contribution is 2.24. The van der Waals surface area contributed by atoms with Crippen LogP contribution in [0.5, 0.6) is 0 Å². The molecule has 0 saturated carbocycles. The minimum atomic E-state index is 1.00. The molecule has 4 rings (SSSR count). The van der Waals surface area contributed by atoms with Gasteiger partial charge in [0.2, 0.25) is 0 Å². The molecule has 0 atom stereocenters. The Bertz CT molecular complexity index is 677. The summed E-state index contributed by atoms with van der Waals surface area (Å²) in [4.78, 5) is 9.97. The number of nitrogens with zero attached hydrogens (tertiary/aromatic N) is 4. The van der Waals surface area contributed by atoms with Crippen molar-refractivity contribution in [3.05, 3.63) is 57.5 Å². The Morgan fingerprint density at radius 3 is 1.60 bits per heavy atom. The molecule has 2 aliphatic heterocycles. The Balaban J connectivity index is 1.32. The van der Waals surface area contributed by atoms with Gasteiger partial charge >= 0.3 is 0 Å². The summed E-state index contributed by atoms with van der Waals surface area (Å²) in [6, 6.07) is 17.2. The van der Waals surface area contributed by atoms with Crippen LogP contribution >= 0.6 is 31.9 Å². The average molecular weight is 466 g/mol. The van der Waals surface area contributed by atoms with E-state index >= 15 is 0 Å². The minimum Gasteiger partial charge on any atom is -0.357 e. The molecule has 2 aliphatic rings. The standard InChI is InChI=1S/C19H22Br2N4/c20-16-3-1-5-18(11-16)24-9-7-22(14-24)13-23-8-10-25(15-23)19-6-2-4-17(21)12-19/h1-6,11-12H,7-10,13-15H2. The highest BCUT2D eigenvalue weighted by atomic mass is 79.9. The monoisotopic (exact) mass is 464 g/mol. The van der Waals surface area contributed by atoms with Crippen LogP contribution in [0.25, 0.3) is 0 Å². The summed E-state index contributed by atoms with van der Waals surface area (Å²) in [5, 5.41) is 0. The number of hydrogen-bond acceptors (Lipinski definition) is 4. The van der Waals surface area contributed by atoms with E-state index in [0.717, 1.165) is 55.1 Å². The minimum absolute atomic E-state index is 1.00. The third-order valence-corrected chi connectivity index (χ3v) is 5.85. The van der Waals surface area contributed by atoms with Crippen LogP contribution < -0.4 is 9.80 Å². The molecule has 0 radical (unpaired) electrons. The van der Waals surface area contributed by atoms with Gasteiger partial charge in [-0.1, -0.05) is 44.0 Å². The van der Waals surface area contributed by atoms with E-state index in [4.69, 9.17) is 0 Å². The molecule has 0 amide bonds. The summed E-state index contributed by atoms with van der Waals surface area (Å²) < 4.78 is 2.29. The number of halogens is 2. The fraction of sp³-hybridized carbons (Fsp3) is 0.368. The van der Waals surface area contributed by atoms with E-state index in [1.54, 1.807) is 0 Å². The summed E-state index contributed by atoms with van der Waals surface area (Å²) in [6.45, 7) is 7.49. The van der Waals surface area contributed by atoms with Crippen LogP contribution in [0.3, 0.4) is 0 Å². The van der Waals surface area contributed by atoms with Crippen LogP contribution in [0.4, 0.5) is 11.4 Å². The second kappa shape index (κ2) is 7.66. The summed E-state index contributed by atoms with van der Waals surface area (Å²) in [7, 11) is 0. The predicted molar refractivity (Wildman–Crippen MR) is 111 cm³/mol. The Kier molecular flexibility index (Phi) is 5.31. The molecular formula is C19H22Br2N4. The topological polar surface area (TPSA) is 13.0 Å². The Morgan fingerprint density at radius 1 is 0.680 bits per heavy atom. The molecule has 2 fully saturated rings. The molecular weight excluding hydrogens is 444 g/mol. The smallest absolute Gasteiger partial charge is 0.0718 e. The second-order valence-corrected chi connectivity index (χ2v) is 8.53. The van der Waals surface area contributed by atoms with Crippen molar-refractivity contribution in [3.63, 3.8) is 0 Å². The molecule has 132 valence electrons. The van der Waals surface area contributed by atoms with Crippen molar-refractivity contribution in [3.8, 4) is 0 Å². The number of benzene rings is 2. The zero-order chi connectivity index (χ0) is 17.2. The van der Waals surface area contributed by atoms with Crippen LogP contribution in [0.1, 0.15) is 0 Å². The third kappa shape index (κ3) is 4.19. The zero-order valence-corrected chi connectivity index (χ0v) is 17.3. The molecule has 6 heteroatoms. The van der Waals surface area contributed by atoms with E-state index < -0.39 is 0 Å². The summed E-state index contributed by atoms with van der Waals surface area (Å²) in [5.74, 6) is 0. The molecule has 4 nitrogen and oxygen atoms in total. The van der Waals surface area contributed by atoms with Gasteiger partial charge in [0.15, 0.2) is 0 Å². The molecule has 0 N–H and O–H groups in total. The van der Waals surface area contributed by atoms with Crippen LogP contribution in [0.2, 0.25) is 0 Å². The van der Waals surface area contributed by atoms with Gasteiger partial charge in [-0.15, -0.1) is 0 Å². The van der Waals surface area contributed by atoms with Gasteiger partial charge in [0.05, 0.1) is 20.0 Å². The van der Waals surface area contributed by atoms with Gasteiger partial charge in [-0.05, 0) is 36.4 Å². The maximum Gasteiger partial charge on any atom is 0.0718 e. The Morgan fingerprint density at radius 2 is 1.16 bits per heavy atom. The van der Waals surface area contributed by atoms with Gasteiger partial charge in [-0.2, -0.15) is 0 Å². The maximum absolute atomic E-state index is 3.57. The second-order valence-electron chi connectivity index (χ2n) is 6.70. The van der Waals surface area contributed by atoms with Gasteiger partial charge in [0.25, 0.3) is 0 Å². The van der Waals surface area contributed by atoms with E-state index in [1.165, 1.54) is 11.4 Å². The van der Waals surface area contributed by atoms with Crippen molar-refractivity contribution in [2.75, 3.05) is 56.0 Å². The molecule has 2 saturated heterocycles. The Labute approximate surface area is 166 Å². The molecule has 2 aromatic rings. The predicted octanol–water partition coefficient (Wildman–Crippen LogP) is 4.03. The highest BCUT2D eigenvalue weighted by Gasteiger charge is 2.26. The first-order valence-corrected chi connectivity index (χ1v) is 10.2. The van der Waals surface area contributed by atoms with Gasteiger partial charge in [0, 0.05) is 46.5 Å². The van der Waals surface area contributed by atoms with Crippen molar-refractivity contribution in [1.82, 2.24) is 9.80 Å². The maximum atomic E-state index is 3.57. The lowest BCUT2D eigenvalue weighted by atomic mass is 10.3. The van der Waals surface area contributed by atoms with E-state index in [9.17, 15) is 0 Å². The lowest BCUT2D eigenvalue weighted by molar-refractivity contribution is 0.184. The van der Waals surface area contributed by atoms with Gasteiger partial charge in [-0.25, -0.2) is 0 Å². The largest absolute Gasteiger partial charge is 0.357 e. The lowest BCUT2D eigenvalue weighted by Gasteiger charge is -2.25. The fourth-order valence-electron chi connectivity index (χ4n) is 3.57. The molecule has 25 heavy (non-hydrogen) atoms. The molecule has 0 aliphatic carbocycles. The average Bonchev–Trinajstić information content (AvgIpc) is 3.25. The molecule has 0 bridgehead atoms. The summed E-state index contributed by atoms with van der Waals surface area (Å²) >= 11 is 7.14. The van der Waals surface area contributed by atoms with Gasteiger partial charge in [-0.3, -0.25) is 9.80 Å². The quantitative estimate of drug-likeness (QED) is 0.675. The number of rotatable bonds is 4. The molecule has 0 unspecified atom stereocenters. The van der Waals surface area contributed by atoms with E-state index in [0.29, 0.717) is 0 Å². The SMILES string of the molecule is Brc1cccc(N2CCN(CN3CCN(c4cccc(Br)c4)C3)C2)c1. The molecule has 0 aromatic heterocycles. The first-order valence-electron chi connectivity index (χ1n) is 8.63. The highest BCUT2D eigenvalue weighted by molar-refractivity contribution is 9.10. The van der Waals surface area contributed by atoms with Crippen LogP contribution in [-0.4, -0.2) is 56.0 Å². The van der Waals surface area contributed by atoms with Crippen LogP contribution in [-0.2, 0) is 0 Å². The lowest BCUT2D eigenvalue weighted by Crippen LogP contribution is -2.37. The van der Waals surface area contributed by atoms with E-state index in [1.807, 2.05) is 0 Å². The molecule has 2 heterocycles. The summed E-state index contributed by atoms with van der Waals surface area (Å²) in [6.07, 6.45) is 0. The van der Waals surface area contributed by atoms with Gasteiger partial charge in [0.1, 0.15) is 0 Å². The van der Waals surface area contributed by atoms with Gasteiger partial charge < -0.3 is 9.80 Å². The first kappa shape index (κ1) is 17.3.